The van der Waals surface area contributed by atoms with Crippen molar-refractivity contribution in [2.75, 3.05) is 14.2 Å². The molecule has 0 saturated carbocycles. The smallest absolute Gasteiger partial charge is 0.346 e. The van der Waals surface area contributed by atoms with Crippen molar-refractivity contribution in [3.8, 4) is 11.5 Å². The Labute approximate surface area is 120 Å². The van der Waals surface area contributed by atoms with E-state index >= 15 is 0 Å². The summed E-state index contributed by atoms with van der Waals surface area (Å²) in [7, 11) is 2.91. The molecule has 0 fully saturated rings. The van der Waals surface area contributed by atoms with Crippen molar-refractivity contribution in [3.05, 3.63) is 23.8 Å². The summed E-state index contributed by atoms with van der Waals surface area (Å²) in [6.45, 7) is 6.57. The second-order valence-corrected chi connectivity index (χ2v) is 4.80. The lowest BCUT2D eigenvalue weighted by molar-refractivity contribution is -0.147. The Morgan fingerprint density at radius 3 is 2.45 bits per heavy atom. The summed E-state index contributed by atoms with van der Waals surface area (Å²) in [5.74, 6) is 0.708. The van der Waals surface area contributed by atoms with Crippen molar-refractivity contribution < 1.29 is 19.0 Å². The second kappa shape index (κ2) is 7.75. The number of methoxy groups -OCH3 is 2. The van der Waals surface area contributed by atoms with Crippen LogP contribution >= 0.6 is 0 Å². The Morgan fingerprint density at radius 1 is 1.20 bits per heavy atom. The Kier molecular flexibility index (Phi) is 6.31. The molecule has 0 aliphatic rings. The monoisotopic (exact) mass is 281 g/mol. The Hall–Kier alpha value is -1.75. The molecular formula is C15H23NO4. The summed E-state index contributed by atoms with van der Waals surface area (Å²) in [6.07, 6.45) is -0.673. The fourth-order valence-corrected chi connectivity index (χ4v) is 1.65. The molecule has 0 spiro atoms. The molecule has 1 aromatic rings. The van der Waals surface area contributed by atoms with E-state index < -0.39 is 12.1 Å². The van der Waals surface area contributed by atoms with E-state index in [4.69, 9.17) is 9.47 Å². The fraction of sp³-hybridized carbons (Fsp3) is 0.533. The number of esters is 1. The van der Waals surface area contributed by atoms with Crippen LogP contribution in [0.5, 0.6) is 11.5 Å². The van der Waals surface area contributed by atoms with Crippen molar-refractivity contribution in [3.63, 3.8) is 0 Å². The van der Waals surface area contributed by atoms with E-state index in [9.17, 15) is 4.79 Å². The SMILES string of the molecule is COC(=O)C(C)Oc1ccc(CNC(C)C)cc1OC. The largest absolute Gasteiger partial charge is 0.493 e. The molecule has 0 aromatic heterocycles. The van der Waals surface area contributed by atoms with Gasteiger partial charge in [-0.3, -0.25) is 0 Å². The lowest BCUT2D eigenvalue weighted by atomic mass is 10.2. The van der Waals surface area contributed by atoms with Gasteiger partial charge in [-0.15, -0.1) is 0 Å². The van der Waals surface area contributed by atoms with E-state index in [1.807, 2.05) is 12.1 Å². The molecule has 0 heterocycles. The van der Waals surface area contributed by atoms with E-state index in [0.717, 1.165) is 12.1 Å². The Balaban J connectivity index is 2.80. The van der Waals surface area contributed by atoms with Crippen LogP contribution in [0.1, 0.15) is 26.3 Å². The molecular weight excluding hydrogens is 258 g/mol. The van der Waals surface area contributed by atoms with Crippen molar-refractivity contribution in [1.29, 1.82) is 0 Å². The highest BCUT2D eigenvalue weighted by molar-refractivity contribution is 5.74. The van der Waals surface area contributed by atoms with E-state index in [1.54, 1.807) is 20.1 Å². The maximum Gasteiger partial charge on any atom is 0.346 e. The Morgan fingerprint density at radius 2 is 1.90 bits per heavy atom. The summed E-state index contributed by atoms with van der Waals surface area (Å²) in [5, 5.41) is 3.33. The number of ether oxygens (including phenoxy) is 3. The highest BCUT2D eigenvalue weighted by Crippen LogP contribution is 2.29. The molecule has 5 heteroatoms. The van der Waals surface area contributed by atoms with Crippen LogP contribution in [0.15, 0.2) is 18.2 Å². The maximum absolute atomic E-state index is 11.4. The molecule has 0 bridgehead atoms. The van der Waals surface area contributed by atoms with Crippen molar-refractivity contribution in [2.24, 2.45) is 0 Å². The number of benzene rings is 1. The third kappa shape index (κ3) is 4.74. The molecule has 1 rings (SSSR count). The summed E-state index contributed by atoms with van der Waals surface area (Å²) in [6, 6.07) is 6.05. The van der Waals surface area contributed by atoms with E-state index in [1.165, 1.54) is 7.11 Å². The van der Waals surface area contributed by atoms with Gasteiger partial charge >= 0.3 is 5.97 Å². The van der Waals surface area contributed by atoms with Crippen LogP contribution in [0.2, 0.25) is 0 Å². The zero-order chi connectivity index (χ0) is 15.1. The van der Waals surface area contributed by atoms with Crippen LogP contribution in [0.4, 0.5) is 0 Å². The standard InChI is InChI=1S/C15H23NO4/c1-10(2)16-9-12-6-7-13(14(8-12)18-4)20-11(3)15(17)19-5/h6-8,10-11,16H,9H2,1-5H3. The minimum absolute atomic E-state index is 0.413. The zero-order valence-corrected chi connectivity index (χ0v) is 12.7. The van der Waals surface area contributed by atoms with Gasteiger partial charge in [-0.1, -0.05) is 19.9 Å². The molecule has 0 aliphatic heterocycles. The van der Waals surface area contributed by atoms with E-state index in [-0.39, 0.29) is 0 Å². The first-order chi connectivity index (χ1) is 9.47. The average Bonchev–Trinajstić information content (AvgIpc) is 2.44. The van der Waals surface area contributed by atoms with Crippen molar-refractivity contribution >= 4 is 5.97 Å². The molecule has 1 unspecified atom stereocenters. The quantitative estimate of drug-likeness (QED) is 0.776. The molecule has 20 heavy (non-hydrogen) atoms. The topological polar surface area (TPSA) is 56.8 Å². The van der Waals surface area contributed by atoms with Crippen LogP contribution in [0.25, 0.3) is 0 Å². The lowest BCUT2D eigenvalue weighted by Crippen LogP contribution is -2.25. The van der Waals surface area contributed by atoms with Crippen molar-refractivity contribution in [1.82, 2.24) is 5.32 Å². The molecule has 1 atom stereocenters. The van der Waals surface area contributed by atoms with Crippen LogP contribution in [0.3, 0.4) is 0 Å². The summed E-state index contributed by atoms with van der Waals surface area (Å²) < 4.78 is 15.5. The third-order valence-electron chi connectivity index (χ3n) is 2.78. The van der Waals surface area contributed by atoms with Gasteiger partial charge in [-0.05, 0) is 24.6 Å². The van der Waals surface area contributed by atoms with Crippen LogP contribution in [-0.2, 0) is 16.1 Å². The lowest BCUT2D eigenvalue weighted by Gasteiger charge is -2.16. The predicted octanol–water partition coefficient (Wildman–Crippen LogP) is 2.13. The van der Waals surface area contributed by atoms with Gasteiger partial charge in [0.05, 0.1) is 14.2 Å². The first kappa shape index (κ1) is 16.3. The van der Waals surface area contributed by atoms with Gasteiger partial charge in [0.2, 0.25) is 0 Å². The van der Waals surface area contributed by atoms with Crippen molar-refractivity contribution in [2.45, 2.75) is 39.5 Å². The molecule has 0 amide bonds. The summed E-state index contributed by atoms with van der Waals surface area (Å²) >= 11 is 0. The zero-order valence-electron chi connectivity index (χ0n) is 12.7. The third-order valence-corrected chi connectivity index (χ3v) is 2.78. The molecule has 0 radical (unpaired) electrons. The molecule has 0 aliphatic carbocycles. The highest BCUT2D eigenvalue weighted by atomic mass is 16.6. The van der Waals surface area contributed by atoms with Gasteiger partial charge in [0, 0.05) is 12.6 Å². The van der Waals surface area contributed by atoms with Gasteiger partial charge < -0.3 is 19.5 Å². The van der Waals surface area contributed by atoms with Crippen LogP contribution < -0.4 is 14.8 Å². The molecule has 5 nitrogen and oxygen atoms in total. The first-order valence-electron chi connectivity index (χ1n) is 6.62. The van der Waals surface area contributed by atoms with Gasteiger partial charge in [0.15, 0.2) is 17.6 Å². The average molecular weight is 281 g/mol. The highest BCUT2D eigenvalue weighted by Gasteiger charge is 2.17. The van der Waals surface area contributed by atoms with E-state index in [0.29, 0.717) is 17.5 Å². The number of carbonyl (C=O) groups is 1. The van der Waals surface area contributed by atoms with E-state index in [2.05, 4.69) is 23.9 Å². The number of rotatable bonds is 7. The molecule has 1 N–H and O–H groups in total. The molecule has 0 saturated heterocycles. The number of hydrogen-bond donors (Lipinski definition) is 1. The summed E-state index contributed by atoms with van der Waals surface area (Å²) in [5.41, 5.74) is 1.09. The van der Waals surface area contributed by atoms with Gasteiger partial charge in [-0.25, -0.2) is 4.79 Å². The second-order valence-electron chi connectivity index (χ2n) is 4.80. The summed E-state index contributed by atoms with van der Waals surface area (Å²) in [4.78, 5) is 11.4. The fourth-order valence-electron chi connectivity index (χ4n) is 1.65. The van der Waals surface area contributed by atoms with Gasteiger partial charge in [0.1, 0.15) is 0 Å². The first-order valence-corrected chi connectivity index (χ1v) is 6.62. The van der Waals surface area contributed by atoms with Gasteiger partial charge in [0.25, 0.3) is 0 Å². The minimum atomic E-state index is -0.673. The Bertz CT molecular complexity index is 445. The maximum atomic E-state index is 11.4. The number of nitrogens with one attached hydrogen (secondary N) is 1. The van der Waals surface area contributed by atoms with Crippen LogP contribution in [0, 0.1) is 0 Å². The minimum Gasteiger partial charge on any atom is -0.493 e. The molecule has 1 aromatic carbocycles. The predicted molar refractivity (Wildman–Crippen MR) is 77.1 cm³/mol. The normalized spacial score (nSPS) is 12.1. The number of hydrogen-bond acceptors (Lipinski definition) is 5. The van der Waals surface area contributed by atoms with Gasteiger partial charge in [-0.2, -0.15) is 0 Å². The number of carbonyl (C=O) groups excluding carboxylic acids is 1. The molecule has 112 valence electrons. The van der Waals surface area contributed by atoms with Crippen LogP contribution in [-0.4, -0.2) is 32.3 Å².